The first-order valence-electron chi connectivity index (χ1n) is 9.57. The molecular weight excluding hydrogens is 442 g/mol. The summed E-state index contributed by atoms with van der Waals surface area (Å²) in [7, 11) is 0. The molecule has 4 heterocycles. The molecule has 1 saturated heterocycles. The number of fused-ring (bicyclic) bond motifs is 1. The number of nitrogens with one attached hydrogen (secondary N) is 1. The highest BCUT2D eigenvalue weighted by molar-refractivity contribution is 7.98. The molecule has 4 aromatic rings. The number of aromatic nitrogens is 5. The van der Waals surface area contributed by atoms with Crippen molar-refractivity contribution in [3.8, 4) is 11.4 Å². The number of rotatable bonds is 6. The predicted molar refractivity (Wildman–Crippen MR) is 119 cm³/mol. The molecule has 1 atom stereocenters. The molecule has 5 rings (SSSR count). The number of thiophene rings is 1. The number of hydrogen-bond donors (Lipinski definition) is 1. The van der Waals surface area contributed by atoms with Gasteiger partial charge in [-0.2, -0.15) is 0 Å². The molecule has 1 aliphatic rings. The van der Waals surface area contributed by atoms with E-state index in [2.05, 4.69) is 24.7 Å². The number of thioether (sulfide) groups is 1. The average molecular weight is 460 g/mol. The van der Waals surface area contributed by atoms with Crippen LogP contribution >= 0.6 is 34.7 Å². The summed E-state index contributed by atoms with van der Waals surface area (Å²) in [5, 5.41) is 12.2. The van der Waals surface area contributed by atoms with E-state index < -0.39 is 0 Å². The lowest BCUT2D eigenvalue weighted by Gasteiger charge is -2.14. The Morgan fingerprint density at radius 3 is 2.93 bits per heavy atom. The van der Waals surface area contributed by atoms with Crippen LogP contribution in [0.25, 0.3) is 21.6 Å². The van der Waals surface area contributed by atoms with E-state index in [9.17, 15) is 4.79 Å². The van der Waals surface area contributed by atoms with Gasteiger partial charge in [0.2, 0.25) is 0 Å². The number of aromatic amines is 1. The largest absolute Gasteiger partial charge is 0.376 e. The van der Waals surface area contributed by atoms with Gasteiger partial charge in [0.1, 0.15) is 10.5 Å². The Morgan fingerprint density at radius 2 is 2.13 bits per heavy atom. The third kappa shape index (κ3) is 4.02. The molecule has 1 aromatic carbocycles. The zero-order valence-corrected chi connectivity index (χ0v) is 18.3. The quantitative estimate of drug-likeness (QED) is 0.431. The number of ether oxygens (including phenoxy) is 1. The van der Waals surface area contributed by atoms with Crippen molar-refractivity contribution in [1.29, 1.82) is 0 Å². The van der Waals surface area contributed by atoms with Gasteiger partial charge in [0, 0.05) is 17.2 Å². The van der Waals surface area contributed by atoms with Crippen molar-refractivity contribution < 1.29 is 4.74 Å². The van der Waals surface area contributed by atoms with Crippen LogP contribution in [0.15, 0.2) is 45.7 Å². The molecule has 0 radical (unpaired) electrons. The van der Waals surface area contributed by atoms with E-state index in [4.69, 9.17) is 16.3 Å². The van der Waals surface area contributed by atoms with Crippen molar-refractivity contribution in [2.45, 2.75) is 36.4 Å². The van der Waals surface area contributed by atoms with Crippen molar-refractivity contribution in [3.63, 3.8) is 0 Å². The van der Waals surface area contributed by atoms with E-state index in [1.54, 1.807) is 0 Å². The Morgan fingerprint density at radius 1 is 1.27 bits per heavy atom. The minimum atomic E-state index is -0.103. The minimum Gasteiger partial charge on any atom is -0.376 e. The summed E-state index contributed by atoms with van der Waals surface area (Å²) < 4.78 is 8.58. The van der Waals surface area contributed by atoms with Crippen molar-refractivity contribution in [3.05, 3.63) is 56.9 Å². The van der Waals surface area contributed by atoms with E-state index in [1.165, 1.54) is 23.1 Å². The Balaban J connectivity index is 1.44. The van der Waals surface area contributed by atoms with Gasteiger partial charge in [-0.1, -0.05) is 23.4 Å². The summed E-state index contributed by atoms with van der Waals surface area (Å²) in [6.45, 7) is 1.47. The van der Waals surface area contributed by atoms with Crippen LogP contribution in [0.2, 0.25) is 5.02 Å². The zero-order chi connectivity index (χ0) is 20.5. The number of H-pyrrole nitrogens is 1. The van der Waals surface area contributed by atoms with Crippen LogP contribution in [0, 0.1) is 0 Å². The highest BCUT2D eigenvalue weighted by Crippen LogP contribution is 2.28. The summed E-state index contributed by atoms with van der Waals surface area (Å²) in [5.41, 5.74) is 1.57. The molecule has 3 aromatic heterocycles. The maximum Gasteiger partial charge on any atom is 0.268 e. The average Bonchev–Trinajstić information content (AvgIpc) is 3.49. The SMILES string of the molecule is O=c1[nH]c(CSc2nnc(-c3ccc(Cl)cc3)n2CC2CCCO2)nc2ccsc12. The molecule has 7 nitrogen and oxygen atoms in total. The molecule has 1 fully saturated rings. The van der Waals surface area contributed by atoms with Gasteiger partial charge in [0.25, 0.3) is 5.56 Å². The summed E-state index contributed by atoms with van der Waals surface area (Å²) in [5.74, 6) is 1.89. The van der Waals surface area contributed by atoms with Crippen LogP contribution in [0.3, 0.4) is 0 Å². The zero-order valence-electron chi connectivity index (χ0n) is 15.9. The molecular formula is C20H18ClN5O2S2. The first-order valence-corrected chi connectivity index (χ1v) is 11.8. The van der Waals surface area contributed by atoms with Gasteiger partial charge in [-0.15, -0.1) is 21.5 Å². The molecule has 0 aliphatic carbocycles. The topological polar surface area (TPSA) is 85.7 Å². The van der Waals surface area contributed by atoms with Crippen molar-refractivity contribution in [2.75, 3.05) is 6.61 Å². The van der Waals surface area contributed by atoms with Gasteiger partial charge in [-0.05, 0) is 48.6 Å². The van der Waals surface area contributed by atoms with Crippen LogP contribution in [0.4, 0.5) is 0 Å². The maximum absolute atomic E-state index is 12.2. The lowest BCUT2D eigenvalue weighted by Crippen LogP contribution is -2.17. The van der Waals surface area contributed by atoms with Crippen LogP contribution in [-0.2, 0) is 17.0 Å². The molecule has 0 amide bonds. The molecule has 0 spiro atoms. The van der Waals surface area contributed by atoms with E-state index in [-0.39, 0.29) is 11.7 Å². The Hall–Kier alpha value is -2.20. The van der Waals surface area contributed by atoms with Gasteiger partial charge in [-0.25, -0.2) is 4.98 Å². The number of halogens is 1. The molecule has 1 N–H and O–H groups in total. The van der Waals surface area contributed by atoms with Crippen LogP contribution in [-0.4, -0.2) is 37.4 Å². The normalized spacial score (nSPS) is 16.5. The fourth-order valence-corrected chi connectivity index (χ4v) is 5.16. The summed E-state index contributed by atoms with van der Waals surface area (Å²) in [6.07, 6.45) is 2.23. The smallest absolute Gasteiger partial charge is 0.268 e. The molecule has 30 heavy (non-hydrogen) atoms. The summed E-state index contributed by atoms with van der Waals surface area (Å²) in [4.78, 5) is 19.7. The predicted octanol–water partition coefficient (Wildman–Crippen LogP) is 4.37. The summed E-state index contributed by atoms with van der Waals surface area (Å²) >= 11 is 8.94. The van der Waals surface area contributed by atoms with E-state index in [0.29, 0.717) is 27.8 Å². The van der Waals surface area contributed by atoms with Gasteiger partial charge in [0.05, 0.1) is 23.9 Å². The fourth-order valence-electron chi connectivity index (χ4n) is 3.49. The fraction of sp³-hybridized carbons (Fsp3) is 0.300. The third-order valence-corrected chi connectivity index (χ3v) is 7.06. The minimum absolute atomic E-state index is 0.103. The highest BCUT2D eigenvalue weighted by atomic mass is 35.5. The van der Waals surface area contributed by atoms with Crippen LogP contribution in [0.1, 0.15) is 18.7 Å². The Bertz CT molecular complexity index is 1230. The Kier molecular flexibility index (Phi) is 5.60. The molecule has 0 bridgehead atoms. The van der Waals surface area contributed by atoms with Gasteiger partial charge in [0.15, 0.2) is 11.0 Å². The van der Waals surface area contributed by atoms with Gasteiger partial charge < -0.3 is 9.72 Å². The van der Waals surface area contributed by atoms with Crippen molar-refractivity contribution >= 4 is 44.9 Å². The van der Waals surface area contributed by atoms with Gasteiger partial charge >= 0.3 is 0 Å². The number of benzene rings is 1. The van der Waals surface area contributed by atoms with E-state index in [0.717, 1.165) is 41.5 Å². The van der Waals surface area contributed by atoms with Crippen LogP contribution in [0.5, 0.6) is 0 Å². The molecule has 154 valence electrons. The second kappa shape index (κ2) is 8.50. The molecule has 10 heteroatoms. The highest BCUT2D eigenvalue weighted by Gasteiger charge is 2.22. The number of nitrogens with zero attached hydrogens (tertiary/aromatic N) is 4. The summed E-state index contributed by atoms with van der Waals surface area (Å²) in [6, 6.07) is 9.44. The van der Waals surface area contributed by atoms with Crippen molar-refractivity contribution in [1.82, 2.24) is 24.7 Å². The van der Waals surface area contributed by atoms with Crippen LogP contribution < -0.4 is 5.56 Å². The number of hydrogen-bond acceptors (Lipinski definition) is 7. The maximum atomic E-state index is 12.2. The molecule has 1 aliphatic heterocycles. The Labute approximate surface area is 185 Å². The standard InChI is InChI=1S/C20H18ClN5O2S2/c21-13-5-3-12(4-6-13)18-24-25-20(26(18)10-14-2-1-8-28-14)30-11-16-22-15-7-9-29-17(15)19(27)23-16/h3-7,9,14H,1-2,8,10-11H2,(H,22,23,27). The van der Waals surface area contributed by atoms with Crippen molar-refractivity contribution in [2.24, 2.45) is 0 Å². The first kappa shape index (κ1) is 19.7. The van der Waals surface area contributed by atoms with E-state index >= 15 is 0 Å². The molecule has 1 unspecified atom stereocenters. The lowest BCUT2D eigenvalue weighted by atomic mass is 10.2. The lowest BCUT2D eigenvalue weighted by molar-refractivity contribution is 0.0953. The van der Waals surface area contributed by atoms with Gasteiger partial charge in [-0.3, -0.25) is 9.36 Å². The first-order chi connectivity index (χ1) is 14.7. The monoisotopic (exact) mass is 459 g/mol. The van der Waals surface area contributed by atoms with E-state index in [1.807, 2.05) is 35.7 Å². The third-order valence-electron chi connectivity index (χ3n) is 4.93. The molecule has 0 saturated carbocycles. The second-order valence-electron chi connectivity index (χ2n) is 6.99. The second-order valence-corrected chi connectivity index (χ2v) is 9.29.